The number of rotatable bonds is 3. The molecule has 0 fully saturated rings. The normalized spacial score (nSPS) is 12.7. The SMILES string of the molecule is CNC(c1cscc1C)c1cc(C)ccc1C. The summed E-state index contributed by atoms with van der Waals surface area (Å²) in [5, 5.41) is 7.90. The molecular weight excluding hydrogens is 226 g/mol. The van der Waals surface area contributed by atoms with Gasteiger partial charge >= 0.3 is 0 Å². The Hall–Kier alpha value is -1.12. The minimum atomic E-state index is 0.307. The summed E-state index contributed by atoms with van der Waals surface area (Å²) >= 11 is 1.77. The van der Waals surface area contributed by atoms with Crippen LogP contribution in [-0.4, -0.2) is 7.05 Å². The molecule has 2 rings (SSSR count). The molecule has 0 saturated carbocycles. The van der Waals surface area contributed by atoms with Crippen molar-refractivity contribution in [1.82, 2.24) is 5.32 Å². The van der Waals surface area contributed by atoms with Crippen molar-refractivity contribution in [2.24, 2.45) is 0 Å². The lowest BCUT2D eigenvalue weighted by Crippen LogP contribution is -2.19. The number of thiophene rings is 1. The fourth-order valence-electron chi connectivity index (χ4n) is 2.22. The molecule has 1 nitrogen and oxygen atoms in total. The molecule has 2 aromatic rings. The van der Waals surface area contributed by atoms with Gasteiger partial charge in [-0.1, -0.05) is 23.8 Å². The number of hydrogen-bond donors (Lipinski definition) is 1. The van der Waals surface area contributed by atoms with Crippen LogP contribution in [0, 0.1) is 20.8 Å². The summed E-state index contributed by atoms with van der Waals surface area (Å²) < 4.78 is 0. The molecule has 0 bridgehead atoms. The van der Waals surface area contributed by atoms with Crippen LogP contribution in [0.25, 0.3) is 0 Å². The molecule has 0 saturated heterocycles. The van der Waals surface area contributed by atoms with Crippen LogP contribution in [0.4, 0.5) is 0 Å². The molecule has 0 aliphatic carbocycles. The minimum absolute atomic E-state index is 0.307. The standard InChI is InChI=1S/C15H19NS/c1-10-5-6-11(2)13(7-10)15(16-4)14-9-17-8-12(14)3/h5-9,15-16H,1-4H3. The number of aryl methyl sites for hydroxylation is 3. The third-order valence-electron chi connectivity index (χ3n) is 3.24. The van der Waals surface area contributed by atoms with Gasteiger partial charge in [-0.3, -0.25) is 0 Å². The van der Waals surface area contributed by atoms with E-state index in [-0.39, 0.29) is 0 Å². The molecule has 1 N–H and O–H groups in total. The van der Waals surface area contributed by atoms with Crippen molar-refractivity contribution in [2.75, 3.05) is 7.05 Å². The van der Waals surface area contributed by atoms with Crippen LogP contribution in [0.5, 0.6) is 0 Å². The van der Waals surface area contributed by atoms with E-state index in [0.717, 1.165) is 0 Å². The monoisotopic (exact) mass is 245 g/mol. The average Bonchev–Trinajstić information content (AvgIpc) is 2.71. The molecule has 1 heterocycles. The fourth-order valence-corrected chi connectivity index (χ4v) is 3.09. The molecule has 17 heavy (non-hydrogen) atoms. The fraction of sp³-hybridized carbons (Fsp3) is 0.333. The lowest BCUT2D eigenvalue weighted by atomic mass is 9.93. The maximum Gasteiger partial charge on any atom is 0.0587 e. The molecule has 0 radical (unpaired) electrons. The number of benzene rings is 1. The van der Waals surface area contributed by atoms with Crippen LogP contribution in [0.2, 0.25) is 0 Å². The zero-order valence-electron chi connectivity index (χ0n) is 10.9. The van der Waals surface area contributed by atoms with Gasteiger partial charge in [-0.2, -0.15) is 11.3 Å². The number of nitrogens with one attached hydrogen (secondary N) is 1. The van der Waals surface area contributed by atoms with Crippen molar-refractivity contribution < 1.29 is 0 Å². The Balaban J connectivity index is 2.49. The Labute approximate surface area is 108 Å². The van der Waals surface area contributed by atoms with E-state index in [1.807, 2.05) is 7.05 Å². The molecule has 0 spiro atoms. The van der Waals surface area contributed by atoms with Gasteiger partial charge in [0.2, 0.25) is 0 Å². The van der Waals surface area contributed by atoms with Crippen molar-refractivity contribution in [3.8, 4) is 0 Å². The Morgan fingerprint density at radius 1 is 1.00 bits per heavy atom. The Morgan fingerprint density at radius 3 is 2.35 bits per heavy atom. The maximum absolute atomic E-state index is 3.44. The van der Waals surface area contributed by atoms with E-state index >= 15 is 0 Å². The first-order chi connectivity index (χ1) is 8.13. The second-order valence-electron chi connectivity index (χ2n) is 4.59. The van der Waals surface area contributed by atoms with Gasteiger partial charge in [0.1, 0.15) is 0 Å². The van der Waals surface area contributed by atoms with Crippen molar-refractivity contribution in [3.05, 3.63) is 56.8 Å². The van der Waals surface area contributed by atoms with Gasteiger partial charge in [0.25, 0.3) is 0 Å². The maximum atomic E-state index is 3.44. The van der Waals surface area contributed by atoms with Crippen molar-refractivity contribution >= 4 is 11.3 Å². The van der Waals surface area contributed by atoms with Gasteiger partial charge < -0.3 is 5.32 Å². The molecule has 1 aromatic heterocycles. The molecule has 0 amide bonds. The lowest BCUT2D eigenvalue weighted by molar-refractivity contribution is 0.685. The van der Waals surface area contributed by atoms with Crippen LogP contribution >= 0.6 is 11.3 Å². The predicted octanol–water partition coefficient (Wildman–Crippen LogP) is 3.98. The van der Waals surface area contributed by atoms with E-state index in [0.29, 0.717) is 6.04 Å². The average molecular weight is 245 g/mol. The van der Waals surface area contributed by atoms with Crippen LogP contribution < -0.4 is 5.32 Å². The van der Waals surface area contributed by atoms with Gasteiger partial charge in [0.15, 0.2) is 0 Å². The van der Waals surface area contributed by atoms with E-state index in [1.54, 1.807) is 11.3 Å². The van der Waals surface area contributed by atoms with Gasteiger partial charge in [-0.25, -0.2) is 0 Å². The Kier molecular flexibility index (Phi) is 3.65. The quantitative estimate of drug-likeness (QED) is 0.862. The van der Waals surface area contributed by atoms with Gasteiger partial charge in [-0.15, -0.1) is 0 Å². The molecule has 2 heteroatoms. The highest BCUT2D eigenvalue weighted by Crippen LogP contribution is 2.29. The summed E-state index contributed by atoms with van der Waals surface area (Å²) in [7, 11) is 2.03. The van der Waals surface area contributed by atoms with Crippen molar-refractivity contribution in [2.45, 2.75) is 26.8 Å². The highest BCUT2D eigenvalue weighted by atomic mass is 32.1. The highest BCUT2D eigenvalue weighted by molar-refractivity contribution is 7.08. The third kappa shape index (κ3) is 2.43. The van der Waals surface area contributed by atoms with Crippen LogP contribution in [-0.2, 0) is 0 Å². The van der Waals surface area contributed by atoms with E-state index in [1.165, 1.54) is 27.8 Å². The summed E-state index contributed by atoms with van der Waals surface area (Å²) in [5.74, 6) is 0. The highest BCUT2D eigenvalue weighted by Gasteiger charge is 2.16. The Morgan fingerprint density at radius 2 is 1.76 bits per heavy atom. The van der Waals surface area contributed by atoms with E-state index in [4.69, 9.17) is 0 Å². The first kappa shape index (κ1) is 12.3. The van der Waals surface area contributed by atoms with E-state index < -0.39 is 0 Å². The predicted molar refractivity (Wildman–Crippen MR) is 75.9 cm³/mol. The summed E-state index contributed by atoms with van der Waals surface area (Å²) in [5.41, 5.74) is 6.81. The van der Waals surface area contributed by atoms with Crippen molar-refractivity contribution in [3.63, 3.8) is 0 Å². The summed E-state index contributed by atoms with van der Waals surface area (Å²) in [6, 6.07) is 6.97. The molecule has 90 valence electrons. The molecule has 1 atom stereocenters. The zero-order chi connectivity index (χ0) is 12.4. The Bertz CT molecular complexity index is 513. The van der Waals surface area contributed by atoms with E-state index in [2.05, 4.69) is 55.0 Å². The first-order valence-corrected chi connectivity index (χ1v) is 6.85. The first-order valence-electron chi connectivity index (χ1n) is 5.90. The van der Waals surface area contributed by atoms with Crippen molar-refractivity contribution in [1.29, 1.82) is 0 Å². The summed E-state index contributed by atoms with van der Waals surface area (Å²) in [6.07, 6.45) is 0. The smallest absolute Gasteiger partial charge is 0.0587 e. The van der Waals surface area contributed by atoms with Gasteiger partial charge in [0.05, 0.1) is 6.04 Å². The minimum Gasteiger partial charge on any atom is -0.309 e. The third-order valence-corrected chi connectivity index (χ3v) is 4.12. The second-order valence-corrected chi connectivity index (χ2v) is 5.34. The molecule has 0 aliphatic rings. The van der Waals surface area contributed by atoms with Crippen LogP contribution in [0.3, 0.4) is 0 Å². The molecule has 1 unspecified atom stereocenters. The van der Waals surface area contributed by atoms with Gasteiger partial charge in [0, 0.05) is 0 Å². The van der Waals surface area contributed by atoms with Crippen LogP contribution in [0.1, 0.15) is 33.9 Å². The molecule has 1 aromatic carbocycles. The topological polar surface area (TPSA) is 12.0 Å². The second kappa shape index (κ2) is 5.03. The summed E-state index contributed by atoms with van der Waals surface area (Å²) in [6.45, 7) is 6.51. The summed E-state index contributed by atoms with van der Waals surface area (Å²) in [4.78, 5) is 0. The molecular formula is C15H19NS. The van der Waals surface area contributed by atoms with E-state index in [9.17, 15) is 0 Å². The molecule has 0 aliphatic heterocycles. The van der Waals surface area contributed by atoms with Crippen LogP contribution in [0.15, 0.2) is 29.0 Å². The van der Waals surface area contributed by atoms with Gasteiger partial charge in [-0.05, 0) is 60.8 Å². The largest absolute Gasteiger partial charge is 0.309 e. The number of hydrogen-bond acceptors (Lipinski definition) is 2. The lowest BCUT2D eigenvalue weighted by Gasteiger charge is -2.19. The zero-order valence-corrected chi connectivity index (χ0v) is 11.7.